The smallest absolute Gasteiger partial charge is 0.225 e. The number of benzene rings is 1. The lowest BCUT2D eigenvalue weighted by Gasteiger charge is -2.09. The largest absolute Gasteiger partial charge is 0.491 e. The molecular weight excluding hydrogens is 266 g/mol. The summed E-state index contributed by atoms with van der Waals surface area (Å²) in [5.41, 5.74) is 5.46. The molecule has 1 amide bonds. The number of nitrogens with two attached hydrogens (primary N) is 1. The summed E-state index contributed by atoms with van der Waals surface area (Å²) in [5, 5.41) is 2.35. The van der Waals surface area contributed by atoms with Crippen molar-refractivity contribution in [3.05, 3.63) is 23.8 Å². The van der Waals surface area contributed by atoms with E-state index in [9.17, 15) is 13.6 Å². The molecule has 102 valence electrons. The summed E-state index contributed by atoms with van der Waals surface area (Å²) < 4.78 is 31.1. The molecule has 0 spiro atoms. The summed E-state index contributed by atoms with van der Waals surface area (Å²) in [4.78, 5) is 11.3. The van der Waals surface area contributed by atoms with Gasteiger partial charge in [0.1, 0.15) is 0 Å². The van der Waals surface area contributed by atoms with Crippen molar-refractivity contribution in [1.82, 2.24) is 0 Å². The molecule has 0 saturated carbocycles. The summed E-state index contributed by atoms with van der Waals surface area (Å²) in [6, 6.07) is 1.66. The predicted octanol–water partition coefficient (Wildman–Crippen LogP) is 2.07. The van der Waals surface area contributed by atoms with Crippen molar-refractivity contribution >= 4 is 24.0 Å². The number of amides is 1. The molecule has 1 aromatic carbocycles. The van der Waals surface area contributed by atoms with Crippen molar-refractivity contribution in [3.8, 4) is 5.75 Å². The average Bonchev–Trinajstić information content (AvgIpc) is 2.15. The number of ether oxygens (including phenoxy) is 1. The number of halogens is 3. The highest BCUT2D eigenvalue weighted by Crippen LogP contribution is 2.25. The standard InChI is InChI=1S/C11H14F2N2O2.ClH/c1-6(14)3-10(16)15-7-4-8(12)11(17-2)9(13)5-7;/h4-6H,3,14H2,1-2H3,(H,15,16);1H. The maximum Gasteiger partial charge on any atom is 0.225 e. The summed E-state index contributed by atoms with van der Waals surface area (Å²) in [7, 11) is 1.16. The zero-order chi connectivity index (χ0) is 13.0. The third-order valence-corrected chi connectivity index (χ3v) is 1.99. The molecule has 0 aliphatic carbocycles. The number of carbonyl (C=O) groups is 1. The van der Waals surface area contributed by atoms with Gasteiger partial charge in [0, 0.05) is 30.3 Å². The number of anilines is 1. The van der Waals surface area contributed by atoms with Crippen molar-refractivity contribution in [1.29, 1.82) is 0 Å². The van der Waals surface area contributed by atoms with Gasteiger partial charge in [0.25, 0.3) is 0 Å². The number of rotatable bonds is 4. The van der Waals surface area contributed by atoms with E-state index in [4.69, 9.17) is 5.73 Å². The van der Waals surface area contributed by atoms with Crippen molar-refractivity contribution in [3.63, 3.8) is 0 Å². The number of hydrogen-bond donors (Lipinski definition) is 2. The van der Waals surface area contributed by atoms with E-state index in [1.165, 1.54) is 0 Å². The van der Waals surface area contributed by atoms with E-state index in [1.54, 1.807) is 6.92 Å². The van der Waals surface area contributed by atoms with Crippen LogP contribution in [0.5, 0.6) is 5.75 Å². The van der Waals surface area contributed by atoms with Crippen LogP contribution in [0.15, 0.2) is 12.1 Å². The first-order chi connectivity index (χ1) is 7.93. The quantitative estimate of drug-likeness (QED) is 0.887. The third kappa shape index (κ3) is 4.46. The van der Waals surface area contributed by atoms with Gasteiger partial charge in [-0.25, -0.2) is 8.78 Å². The Morgan fingerprint density at radius 2 is 1.94 bits per heavy atom. The van der Waals surface area contributed by atoms with Crippen LogP contribution in [-0.2, 0) is 4.79 Å². The lowest BCUT2D eigenvalue weighted by atomic mass is 10.2. The van der Waals surface area contributed by atoms with Gasteiger partial charge in [-0.1, -0.05) is 0 Å². The minimum Gasteiger partial charge on any atom is -0.491 e. The van der Waals surface area contributed by atoms with E-state index in [1.807, 2.05) is 0 Å². The molecule has 0 bridgehead atoms. The summed E-state index contributed by atoms with van der Waals surface area (Å²) in [5.74, 6) is -2.62. The summed E-state index contributed by atoms with van der Waals surface area (Å²) in [6.07, 6.45) is 0.0786. The van der Waals surface area contributed by atoms with Crippen LogP contribution in [0.2, 0.25) is 0 Å². The first kappa shape index (κ1) is 16.6. The monoisotopic (exact) mass is 280 g/mol. The lowest BCUT2D eigenvalue weighted by molar-refractivity contribution is -0.116. The van der Waals surface area contributed by atoms with Crippen molar-refractivity contribution < 1.29 is 18.3 Å². The zero-order valence-corrected chi connectivity index (χ0v) is 10.8. The van der Waals surface area contributed by atoms with Crippen LogP contribution in [-0.4, -0.2) is 19.1 Å². The van der Waals surface area contributed by atoms with Crippen molar-refractivity contribution in [2.45, 2.75) is 19.4 Å². The van der Waals surface area contributed by atoms with Crippen LogP contribution >= 0.6 is 12.4 Å². The molecule has 1 rings (SSSR count). The van der Waals surface area contributed by atoms with Crippen molar-refractivity contribution in [2.75, 3.05) is 12.4 Å². The van der Waals surface area contributed by atoms with Gasteiger partial charge in [0.15, 0.2) is 17.4 Å². The van der Waals surface area contributed by atoms with E-state index in [0.29, 0.717) is 0 Å². The molecule has 18 heavy (non-hydrogen) atoms. The predicted molar refractivity (Wildman–Crippen MR) is 67.1 cm³/mol. The summed E-state index contributed by atoms with van der Waals surface area (Å²) in [6.45, 7) is 1.66. The second-order valence-corrected chi connectivity index (χ2v) is 3.70. The van der Waals surface area contributed by atoms with Gasteiger partial charge in [0.2, 0.25) is 5.91 Å². The second kappa shape index (κ2) is 7.13. The number of carbonyl (C=O) groups excluding carboxylic acids is 1. The Balaban J connectivity index is 0.00000289. The van der Waals surface area contributed by atoms with Crippen LogP contribution in [0.25, 0.3) is 0 Å². The van der Waals surface area contributed by atoms with Crippen LogP contribution in [0, 0.1) is 11.6 Å². The Labute approximate surface area is 110 Å². The molecule has 0 heterocycles. The van der Waals surface area contributed by atoms with Gasteiger partial charge >= 0.3 is 0 Å². The molecular formula is C11H15ClF2N2O2. The molecule has 3 N–H and O–H groups in total. The van der Waals surface area contributed by atoms with E-state index < -0.39 is 23.3 Å². The normalized spacial score (nSPS) is 11.4. The topological polar surface area (TPSA) is 64.3 Å². The zero-order valence-electron chi connectivity index (χ0n) is 10.00. The van der Waals surface area contributed by atoms with Crippen LogP contribution in [0.4, 0.5) is 14.5 Å². The first-order valence-electron chi connectivity index (χ1n) is 5.02. The Bertz CT molecular complexity index is 404. The van der Waals surface area contributed by atoms with Gasteiger partial charge in [-0.2, -0.15) is 0 Å². The fourth-order valence-electron chi connectivity index (χ4n) is 1.33. The van der Waals surface area contributed by atoms with Crippen molar-refractivity contribution in [2.24, 2.45) is 5.73 Å². The first-order valence-corrected chi connectivity index (χ1v) is 5.02. The molecule has 0 aliphatic heterocycles. The van der Waals surface area contributed by atoms with E-state index in [0.717, 1.165) is 19.2 Å². The van der Waals surface area contributed by atoms with Gasteiger partial charge in [-0.3, -0.25) is 4.79 Å². The Hall–Kier alpha value is -1.40. The lowest BCUT2D eigenvalue weighted by Crippen LogP contribution is -2.24. The van der Waals surface area contributed by atoms with Gasteiger partial charge in [-0.05, 0) is 6.92 Å². The highest BCUT2D eigenvalue weighted by molar-refractivity contribution is 5.91. The number of nitrogens with one attached hydrogen (secondary N) is 1. The van der Waals surface area contributed by atoms with Gasteiger partial charge in [-0.15, -0.1) is 12.4 Å². The molecule has 0 fully saturated rings. The maximum absolute atomic E-state index is 13.3. The maximum atomic E-state index is 13.3. The molecule has 1 unspecified atom stereocenters. The minimum atomic E-state index is -0.872. The second-order valence-electron chi connectivity index (χ2n) is 3.70. The molecule has 0 aromatic heterocycles. The molecule has 1 aromatic rings. The summed E-state index contributed by atoms with van der Waals surface area (Å²) >= 11 is 0. The molecule has 7 heteroatoms. The molecule has 0 saturated heterocycles. The Morgan fingerprint density at radius 3 is 2.33 bits per heavy atom. The highest BCUT2D eigenvalue weighted by atomic mass is 35.5. The number of hydrogen-bond acceptors (Lipinski definition) is 3. The van der Waals surface area contributed by atoms with E-state index in [-0.39, 0.29) is 30.6 Å². The minimum absolute atomic E-state index is 0. The van der Waals surface area contributed by atoms with Gasteiger partial charge in [0.05, 0.1) is 7.11 Å². The molecule has 0 aliphatic rings. The average molecular weight is 281 g/mol. The van der Waals surface area contributed by atoms with Gasteiger partial charge < -0.3 is 15.8 Å². The van der Waals surface area contributed by atoms with Crippen LogP contribution < -0.4 is 15.8 Å². The molecule has 0 radical (unpaired) electrons. The SMILES string of the molecule is COc1c(F)cc(NC(=O)CC(C)N)cc1F.Cl. The molecule has 1 atom stereocenters. The Morgan fingerprint density at radius 1 is 1.44 bits per heavy atom. The highest BCUT2D eigenvalue weighted by Gasteiger charge is 2.13. The number of methoxy groups -OCH3 is 1. The van der Waals surface area contributed by atoms with Crippen LogP contribution in [0.3, 0.4) is 0 Å². The third-order valence-electron chi connectivity index (χ3n) is 1.99. The fraction of sp³-hybridized carbons (Fsp3) is 0.364. The molecule has 4 nitrogen and oxygen atoms in total. The van der Waals surface area contributed by atoms with E-state index in [2.05, 4.69) is 10.1 Å². The Kier molecular flexibility index (Phi) is 6.57. The van der Waals surface area contributed by atoms with E-state index >= 15 is 0 Å². The van der Waals surface area contributed by atoms with Crippen LogP contribution in [0.1, 0.15) is 13.3 Å². The fourth-order valence-corrected chi connectivity index (χ4v) is 1.33.